The second kappa shape index (κ2) is 9.62. The van der Waals surface area contributed by atoms with Crippen LogP contribution in [0.5, 0.6) is 11.5 Å². The molecule has 1 aromatic heterocycles. The van der Waals surface area contributed by atoms with Gasteiger partial charge in [0.2, 0.25) is 0 Å². The minimum Gasteiger partial charge on any atom is -0.457 e. The van der Waals surface area contributed by atoms with E-state index in [0.29, 0.717) is 24.4 Å². The van der Waals surface area contributed by atoms with Crippen molar-refractivity contribution < 1.29 is 9.84 Å². The number of para-hydroxylation sites is 1. The number of aryl methyl sites for hydroxylation is 1. The molecule has 2 aliphatic rings. The second-order valence-electron chi connectivity index (χ2n) is 9.64. The summed E-state index contributed by atoms with van der Waals surface area (Å²) in [6.45, 7) is 5.23. The summed E-state index contributed by atoms with van der Waals surface area (Å²) in [7, 11) is 0. The summed E-state index contributed by atoms with van der Waals surface area (Å²) in [5.74, 6) is 10.9. The first-order valence-corrected chi connectivity index (χ1v) is 12.4. The average Bonchev–Trinajstić information content (AvgIpc) is 3.38. The van der Waals surface area contributed by atoms with Gasteiger partial charge in [0.15, 0.2) is 0 Å². The van der Waals surface area contributed by atoms with Gasteiger partial charge in [-0.15, -0.1) is 0 Å². The van der Waals surface area contributed by atoms with E-state index in [9.17, 15) is 5.11 Å². The van der Waals surface area contributed by atoms with Crippen molar-refractivity contribution in [3.05, 3.63) is 84.2 Å². The first-order valence-electron chi connectivity index (χ1n) is 12.4. The number of rotatable bonds is 6. The molecule has 2 fully saturated rings. The van der Waals surface area contributed by atoms with Crippen molar-refractivity contribution in [1.29, 1.82) is 0 Å². The van der Waals surface area contributed by atoms with Gasteiger partial charge in [0.25, 0.3) is 0 Å². The SMILES string of the molecule is Cc1cc(Nc2ncnc3ccc(C#CCN4CC5C(CO)C5C4)cc23)ccc1Oc1ccccc1. The van der Waals surface area contributed by atoms with E-state index in [0.717, 1.165) is 64.7 Å². The second-order valence-corrected chi connectivity index (χ2v) is 9.64. The number of anilines is 2. The Morgan fingerprint density at radius 1 is 1.03 bits per heavy atom. The smallest absolute Gasteiger partial charge is 0.141 e. The Kier molecular flexibility index (Phi) is 6.02. The number of piperidine rings is 1. The van der Waals surface area contributed by atoms with Crippen LogP contribution in [0.15, 0.2) is 73.1 Å². The van der Waals surface area contributed by atoms with E-state index < -0.39 is 0 Å². The number of aromatic nitrogens is 2. The highest BCUT2D eigenvalue weighted by Crippen LogP contribution is 2.51. The van der Waals surface area contributed by atoms with Crippen molar-refractivity contribution in [3.8, 4) is 23.3 Å². The minimum absolute atomic E-state index is 0.329. The van der Waals surface area contributed by atoms with E-state index in [1.165, 1.54) is 0 Å². The van der Waals surface area contributed by atoms with Gasteiger partial charge in [-0.1, -0.05) is 30.0 Å². The van der Waals surface area contributed by atoms with Crippen LogP contribution in [0, 0.1) is 36.5 Å². The van der Waals surface area contributed by atoms with Gasteiger partial charge in [-0.3, -0.25) is 4.90 Å². The van der Waals surface area contributed by atoms with Crippen LogP contribution < -0.4 is 10.1 Å². The monoisotopic (exact) mass is 476 g/mol. The topological polar surface area (TPSA) is 70.5 Å². The maximum Gasteiger partial charge on any atom is 0.141 e. The van der Waals surface area contributed by atoms with Gasteiger partial charge < -0.3 is 15.2 Å². The maximum atomic E-state index is 9.34. The van der Waals surface area contributed by atoms with Crippen molar-refractivity contribution in [3.63, 3.8) is 0 Å². The maximum absolute atomic E-state index is 9.34. The van der Waals surface area contributed by atoms with Crippen LogP contribution >= 0.6 is 0 Å². The van der Waals surface area contributed by atoms with Crippen molar-refractivity contribution >= 4 is 22.4 Å². The largest absolute Gasteiger partial charge is 0.457 e. The summed E-state index contributed by atoms with van der Waals surface area (Å²) < 4.78 is 6.01. The summed E-state index contributed by atoms with van der Waals surface area (Å²) >= 11 is 0. The Balaban J connectivity index is 1.16. The van der Waals surface area contributed by atoms with Crippen molar-refractivity contribution in [2.24, 2.45) is 17.8 Å². The van der Waals surface area contributed by atoms with Crippen LogP contribution in [-0.4, -0.2) is 46.2 Å². The molecule has 6 heteroatoms. The van der Waals surface area contributed by atoms with Gasteiger partial charge in [0.05, 0.1) is 12.1 Å². The predicted octanol–water partition coefficient (Wildman–Crippen LogP) is 5.00. The molecule has 2 atom stereocenters. The standard InChI is InChI=1S/C30H28N4O2/c1-20-14-22(10-12-29(20)36-23-7-3-2-4-8-23)33-30-24-15-21(9-11-28(24)31-19-32-30)6-5-13-34-16-25-26(17-34)27(25)18-35/h2-4,7-12,14-15,19,25-27,35H,13,16-18H2,1H3,(H,31,32,33). The number of fused-ring (bicyclic) bond motifs is 2. The van der Waals surface area contributed by atoms with Crippen molar-refractivity contribution in [1.82, 2.24) is 14.9 Å². The third kappa shape index (κ3) is 4.64. The first kappa shape index (κ1) is 22.5. The molecule has 1 saturated carbocycles. The molecule has 0 radical (unpaired) electrons. The van der Waals surface area contributed by atoms with Crippen molar-refractivity contribution in [2.45, 2.75) is 6.92 Å². The van der Waals surface area contributed by atoms with Crippen LogP contribution in [0.3, 0.4) is 0 Å². The van der Waals surface area contributed by atoms with Crippen LogP contribution in [0.1, 0.15) is 11.1 Å². The van der Waals surface area contributed by atoms with E-state index in [-0.39, 0.29) is 0 Å². The lowest BCUT2D eigenvalue weighted by Gasteiger charge is -2.15. The number of nitrogens with one attached hydrogen (secondary N) is 1. The van der Waals surface area contributed by atoms with Gasteiger partial charge in [0.1, 0.15) is 23.6 Å². The van der Waals surface area contributed by atoms with Gasteiger partial charge in [-0.25, -0.2) is 9.97 Å². The average molecular weight is 477 g/mol. The highest BCUT2D eigenvalue weighted by Gasteiger charge is 2.54. The molecule has 1 aliphatic carbocycles. The summed E-state index contributed by atoms with van der Waals surface area (Å²) in [6, 6.07) is 21.8. The Labute approximate surface area is 211 Å². The summed E-state index contributed by atoms with van der Waals surface area (Å²) in [4.78, 5) is 11.3. The number of likely N-dealkylation sites (tertiary alicyclic amines) is 1. The zero-order chi connectivity index (χ0) is 24.5. The van der Waals surface area contributed by atoms with Crippen molar-refractivity contribution in [2.75, 3.05) is 31.6 Å². The fourth-order valence-electron chi connectivity index (χ4n) is 5.22. The fourth-order valence-corrected chi connectivity index (χ4v) is 5.22. The Morgan fingerprint density at radius 3 is 2.64 bits per heavy atom. The zero-order valence-electron chi connectivity index (χ0n) is 20.2. The lowest BCUT2D eigenvalue weighted by atomic mass is 10.1. The Bertz CT molecular complexity index is 1450. The minimum atomic E-state index is 0.329. The predicted molar refractivity (Wildman–Crippen MR) is 141 cm³/mol. The molecule has 4 aromatic rings. The number of hydrogen-bond donors (Lipinski definition) is 2. The van der Waals surface area contributed by atoms with Crippen LogP contribution in [0.2, 0.25) is 0 Å². The van der Waals surface area contributed by atoms with E-state index >= 15 is 0 Å². The third-order valence-electron chi connectivity index (χ3n) is 7.24. The Morgan fingerprint density at radius 2 is 1.86 bits per heavy atom. The molecular formula is C30H28N4O2. The third-order valence-corrected chi connectivity index (χ3v) is 7.24. The van der Waals surface area contributed by atoms with Gasteiger partial charge in [0, 0.05) is 36.3 Å². The van der Waals surface area contributed by atoms with Crippen LogP contribution in [-0.2, 0) is 0 Å². The molecule has 0 amide bonds. The zero-order valence-corrected chi connectivity index (χ0v) is 20.2. The fraction of sp³-hybridized carbons (Fsp3) is 0.267. The molecule has 36 heavy (non-hydrogen) atoms. The normalized spacial score (nSPS) is 20.4. The Hall–Kier alpha value is -3.92. The molecule has 6 rings (SSSR count). The van der Waals surface area contributed by atoms with Gasteiger partial charge in [-0.2, -0.15) is 0 Å². The summed E-state index contributed by atoms with van der Waals surface area (Å²) in [5, 5.41) is 13.7. The van der Waals surface area contributed by atoms with E-state index in [1.807, 2.05) is 67.6 Å². The quantitative estimate of drug-likeness (QED) is 0.382. The first-order chi connectivity index (χ1) is 17.7. The number of ether oxygens (including phenoxy) is 1. The molecule has 2 N–H and O–H groups in total. The molecule has 0 bridgehead atoms. The van der Waals surface area contributed by atoms with Crippen LogP contribution in [0.25, 0.3) is 10.9 Å². The lowest BCUT2D eigenvalue weighted by Crippen LogP contribution is -2.25. The van der Waals surface area contributed by atoms with E-state index in [4.69, 9.17) is 4.74 Å². The molecule has 1 saturated heterocycles. The number of aliphatic hydroxyl groups is 1. The molecule has 1 aliphatic heterocycles. The molecule has 0 spiro atoms. The number of hydrogen-bond acceptors (Lipinski definition) is 6. The van der Waals surface area contributed by atoms with Gasteiger partial charge >= 0.3 is 0 Å². The lowest BCUT2D eigenvalue weighted by molar-refractivity contribution is 0.230. The van der Waals surface area contributed by atoms with E-state index in [2.05, 4.69) is 38.1 Å². The molecule has 6 nitrogen and oxygen atoms in total. The highest BCUT2D eigenvalue weighted by molar-refractivity contribution is 5.91. The molecule has 2 unspecified atom stereocenters. The number of benzene rings is 3. The number of nitrogens with zero attached hydrogens (tertiary/aromatic N) is 3. The summed E-state index contributed by atoms with van der Waals surface area (Å²) in [6.07, 6.45) is 1.58. The van der Waals surface area contributed by atoms with E-state index in [1.54, 1.807) is 6.33 Å². The number of aliphatic hydroxyl groups excluding tert-OH is 1. The molecule has 3 aromatic carbocycles. The summed E-state index contributed by atoms with van der Waals surface area (Å²) in [5.41, 5.74) is 3.77. The molecule has 180 valence electrons. The van der Waals surface area contributed by atoms with Gasteiger partial charge in [-0.05, 0) is 78.8 Å². The van der Waals surface area contributed by atoms with Crippen LogP contribution in [0.4, 0.5) is 11.5 Å². The molecule has 2 heterocycles. The highest BCUT2D eigenvalue weighted by atomic mass is 16.5. The molecular weight excluding hydrogens is 448 g/mol.